The fraction of sp³-hybridized carbons (Fsp3) is 0.360. The lowest BCUT2D eigenvalue weighted by Crippen LogP contribution is -2.39. The molecule has 1 aliphatic carbocycles. The van der Waals surface area contributed by atoms with Crippen LogP contribution in [0, 0.1) is 5.41 Å². The molecular formula is C25H23ClF3N3O2. The van der Waals surface area contributed by atoms with Gasteiger partial charge in [0.15, 0.2) is 5.82 Å². The summed E-state index contributed by atoms with van der Waals surface area (Å²) < 4.78 is 39.4. The molecule has 1 fully saturated rings. The Morgan fingerprint density at radius 2 is 1.85 bits per heavy atom. The summed E-state index contributed by atoms with van der Waals surface area (Å²) >= 11 is 6.35. The number of aromatic nitrogens is 3. The maximum atomic E-state index is 13.1. The Morgan fingerprint density at radius 1 is 1.12 bits per heavy atom. The number of carbonyl (C=O) groups is 1. The Bertz CT molecular complexity index is 1300. The second-order valence-corrected chi connectivity index (χ2v) is 9.49. The third-order valence-electron chi connectivity index (χ3n) is 6.18. The van der Waals surface area contributed by atoms with Gasteiger partial charge in [-0.15, -0.1) is 0 Å². The zero-order valence-electron chi connectivity index (χ0n) is 18.7. The molecule has 178 valence electrons. The molecule has 4 rings (SSSR count). The number of carbonyl (C=O) groups excluding carboxylic acids is 1. The largest absolute Gasteiger partial charge is 0.400 e. The molecule has 0 aliphatic heterocycles. The number of nitrogens with zero attached hydrogens (tertiary/aromatic N) is 2. The summed E-state index contributed by atoms with van der Waals surface area (Å²) in [5.41, 5.74) is -0.133. The molecule has 0 amide bonds. The number of hydrogen-bond donors (Lipinski definition) is 1. The molecule has 0 spiro atoms. The van der Waals surface area contributed by atoms with E-state index in [1.54, 1.807) is 18.2 Å². The summed E-state index contributed by atoms with van der Waals surface area (Å²) in [4.78, 5) is 35.6. The summed E-state index contributed by atoms with van der Waals surface area (Å²) in [6.45, 7) is 1.77. The van der Waals surface area contributed by atoms with Crippen molar-refractivity contribution in [2.24, 2.45) is 5.41 Å². The van der Waals surface area contributed by atoms with Crippen molar-refractivity contribution in [3.63, 3.8) is 0 Å². The first-order valence-electron chi connectivity index (χ1n) is 10.9. The number of benzene rings is 2. The number of hydrogen-bond acceptors (Lipinski definition) is 4. The van der Waals surface area contributed by atoms with Gasteiger partial charge in [-0.1, -0.05) is 35.9 Å². The van der Waals surface area contributed by atoms with Gasteiger partial charge in [-0.25, -0.2) is 9.78 Å². The highest BCUT2D eigenvalue weighted by Gasteiger charge is 2.51. The van der Waals surface area contributed by atoms with Gasteiger partial charge in [-0.05, 0) is 68.4 Å². The predicted octanol–water partition coefficient (Wildman–Crippen LogP) is 6.12. The number of ketones is 1. The molecule has 0 saturated heterocycles. The van der Waals surface area contributed by atoms with Crippen LogP contribution < -0.4 is 5.69 Å². The third-order valence-corrected chi connectivity index (χ3v) is 6.51. The molecule has 1 N–H and O–H groups in total. The molecule has 9 heteroatoms. The monoisotopic (exact) mass is 489 g/mol. The van der Waals surface area contributed by atoms with Gasteiger partial charge in [0.25, 0.3) is 0 Å². The molecule has 0 bridgehead atoms. The fourth-order valence-corrected chi connectivity index (χ4v) is 3.83. The highest BCUT2D eigenvalue weighted by atomic mass is 35.5. The van der Waals surface area contributed by atoms with Crippen molar-refractivity contribution in [2.75, 3.05) is 0 Å². The number of rotatable bonds is 7. The molecule has 5 nitrogen and oxygen atoms in total. The number of alkyl halides is 3. The minimum absolute atomic E-state index is 0.0914. The highest BCUT2D eigenvalue weighted by molar-refractivity contribution is 6.33. The molecule has 1 heterocycles. The van der Waals surface area contributed by atoms with E-state index >= 15 is 0 Å². The van der Waals surface area contributed by atoms with Crippen molar-refractivity contribution in [1.29, 1.82) is 0 Å². The molecule has 1 aliphatic rings. The lowest BCUT2D eigenvalue weighted by atomic mass is 9.84. The quantitative estimate of drug-likeness (QED) is 0.434. The minimum atomic E-state index is -4.62. The van der Waals surface area contributed by atoms with E-state index < -0.39 is 23.1 Å². The number of aryl methyl sites for hydroxylation is 1. The average molecular weight is 490 g/mol. The molecule has 0 radical (unpaired) electrons. The smallest absolute Gasteiger partial charge is 0.299 e. The van der Waals surface area contributed by atoms with Crippen LogP contribution >= 0.6 is 11.6 Å². The Hall–Kier alpha value is -3.00. The van der Waals surface area contributed by atoms with Gasteiger partial charge in [0.1, 0.15) is 17.0 Å². The van der Waals surface area contributed by atoms with Gasteiger partial charge in [0, 0.05) is 17.5 Å². The fourth-order valence-electron chi connectivity index (χ4n) is 3.63. The lowest BCUT2D eigenvalue weighted by molar-refractivity contribution is -0.210. The molecule has 0 unspecified atom stereocenters. The summed E-state index contributed by atoms with van der Waals surface area (Å²) in [7, 11) is 0. The van der Waals surface area contributed by atoms with Gasteiger partial charge >= 0.3 is 11.9 Å². The second kappa shape index (κ2) is 8.98. The van der Waals surface area contributed by atoms with Gasteiger partial charge in [0.05, 0.1) is 5.02 Å². The van der Waals surface area contributed by atoms with Crippen molar-refractivity contribution in [1.82, 2.24) is 15.0 Å². The molecule has 1 saturated carbocycles. The number of Topliss-reactive ketones (excluding diaryl/α,β-unsaturated/α-hetero) is 1. The molecule has 34 heavy (non-hydrogen) atoms. The second-order valence-electron chi connectivity index (χ2n) is 9.09. The number of nitrogens with one attached hydrogen (secondary N) is 1. The van der Waals surface area contributed by atoms with Gasteiger partial charge in [0.2, 0.25) is 0 Å². The zero-order chi connectivity index (χ0) is 24.7. The zero-order valence-corrected chi connectivity index (χ0v) is 19.4. The van der Waals surface area contributed by atoms with Gasteiger partial charge < -0.3 is 0 Å². The summed E-state index contributed by atoms with van der Waals surface area (Å²) in [5, 5.41) is 0.303. The average Bonchev–Trinajstić information content (AvgIpc) is 3.62. The van der Waals surface area contributed by atoms with Crippen LogP contribution in [0.1, 0.15) is 50.2 Å². The van der Waals surface area contributed by atoms with E-state index in [2.05, 4.69) is 15.0 Å². The van der Waals surface area contributed by atoms with Gasteiger partial charge in [-0.3, -0.25) is 9.78 Å². The first-order chi connectivity index (χ1) is 16.0. The Balaban J connectivity index is 1.61. The summed E-state index contributed by atoms with van der Waals surface area (Å²) in [6.07, 6.45) is -2.55. The lowest BCUT2D eigenvalue weighted by Gasteiger charge is -2.26. The highest BCUT2D eigenvalue weighted by Crippen LogP contribution is 2.41. The minimum Gasteiger partial charge on any atom is -0.299 e. The summed E-state index contributed by atoms with van der Waals surface area (Å²) in [6, 6.07) is 12.6. The van der Waals surface area contributed by atoms with E-state index in [9.17, 15) is 22.8 Å². The number of aromatic amines is 1. The third kappa shape index (κ3) is 5.06. The van der Waals surface area contributed by atoms with E-state index in [-0.39, 0.29) is 24.5 Å². The van der Waals surface area contributed by atoms with Crippen LogP contribution in [0.4, 0.5) is 13.2 Å². The van der Waals surface area contributed by atoms with Crippen LogP contribution in [0.5, 0.6) is 0 Å². The van der Waals surface area contributed by atoms with Crippen LogP contribution in [0.3, 0.4) is 0 Å². The summed E-state index contributed by atoms with van der Waals surface area (Å²) in [5.74, 6) is 0.0767. The van der Waals surface area contributed by atoms with E-state index in [1.165, 1.54) is 5.56 Å². The van der Waals surface area contributed by atoms with E-state index in [1.807, 2.05) is 24.3 Å². The Kier molecular flexibility index (Phi) is 6.38. The van der Waals surface area contributed by atoms with E-state index in [0.717, 1.165) is 26.7 Å². The molecule has 1 aromatic heterocycles. The van der Waals surface area contributed by atoms with Crippen LogP contribution in [0.25, 0.3) is 22.8 Å². The van der Waals surface area contributed by atoms with Crippen molar-refractivity contribution >= 4 is 17.4 Å². The first-order valence-corrected chi connectivity index (χ1v) is 11.3. The van der Waals surface area contributed by atoms with Crippen molar-refractivity contribution in [2.45, 2.75) is 51.6 Å². The number of H-pyrrole nitrogens is 1. The molecule has 2 aromatic carbocycles. The Labute approximate surface area is 199 Å². The predicted molar refractivity (Wildman–Crippen MR) is 124 cm³/mol. The molecule has 3 aromatic rings. The van der Waals surface area contributed by atoms with Gasteiger partial charge in [-0.2, -0.15) is 18.2 Å². The van der Waals surface area contributed by atoms with Crippen molar-refractivity contribution in [3.8, 4) is 22.8 Å². The molecular weight excluding hydrogens is 467 g/mol. The van der Waals surface area contributed by atoms with Crippen molar-refractivity contribution in [3.05, 3.63) is 69.1 Å². The Morgan fingerprint density at radius 3 is 2.53 bits per heavy atom. The maximum Gasteiger partial charge on any atom is 0.400 e. The SMILES string of the molecule is CC(C)(C(=O)CCc1ccc(Cl)c(-c2nc(-c3cccc(C4CC4)c3)nc(=O)[nH]2)c1)C(F)(F)F. The number of halogens is 4. The van der Waals surface area contributed by atoms with Crippen LogP contribution in [0.15, 0.2) is 47.3 Å². The standard InChI is InChI=1S/C25H23ClF3N3O2/c1-24(2,25(27,28)29)20(33)11-7-14-6-10-19(26)18(12-14)22-30-21(31-23(34)32-22)17-5-3-4-16(13-17)15-8-9-15/h3-6,10,12-13,15H,7-9,11H2,1-2H3,(H,30,31,32,34). The van der Waals surface area contributed by atoms with E-state index in [4.69, 9.17) is 11.6 Å². The topological polar surface area (TPSA) is 75.7 Å². The molecule has 0 atom stereocenters. The van der Waals surface area contributed by atoms with Crippen LogP contribution in [0.2, 0.25) is 5.02 Å². The van der Waals surface area contributed by atoms with Crippen LogP contribution in [-0.2, 0) is 11.2 Å². The van der Waals surface area contributed by atoms with Crippen LogP contribution in [-0.4, -0.2) is 26.9 Å². The van der Waals surface area contributed by atoms with E-state index in [0.29, 0.717) is 27.6 Å². The maximum absolute atomic E-state index is 13.1. The van der Waals surface area contributed by atoms with Crippen molar-refractivity contribution < 1.29 is 18.0 Å². The normalized spacial score (nSPS) is 14.3. The first kappa shape index (κ1) is 24.1.